The van der Waals surface area contributed by atoms with Crippen LogP contribution in [0.2, 0.25) is 0 Å². The second kappa shape index (κ2) is 6.46. The number of hydrogen-bond acceptors (Lipinski definition) is 5. The molecule has 130 valence electrons. The van der Waals surface area contributed by atoms with Gasteiger partial charge in [0, 0.05) is 26.2 Å². The van der Waals surface area contributed by atoms with Gasteiger partial charge in [-0.1, -0.05) is 17.4 Å². The van der Waals surface area contributed by atoms with Crippen molar-refractivity contribution >= 4 is 48.5 Å². The summed E-state index contributed by atoms with van der Waals surface area (Å²) in [6.45, 7) is 7.13. The number of halogens is 1. The molecular formula is C18H18BrN3O2S. The Morgan fingerprint density at radius 2 is 1.96 bits per heavy atom. The second-order valence-electron chi connectivity index (χ2n) is 6.31. The zero-order chi connectivity index (χ0) is 17.6. The van der Waals surface area contributed by atoms with E-state index in [2.05, 4.69) is 46.8 Å². The van der Waals surface area contributed by atoms with Crippen molar-refractivity contribution in [3.63, 3.8) is 0 Å². The highest BCUT2D eigenvalue weighted by Gasteiger charge is 2.25. The average Bonchev–Trinajstić information content (AvgIpc) is 3.21. The van der Waals surface area contributed by atoms with E-state index in [0.717, 1.165) is 23.7 Å². The first kappa shape index (κ1) is 16.6. The molecule has 1 saturated heterocycles. The Kier molecular flexibility index (Phi) is 4.29. The molecule has 3 aromatic rings. The third-order valence-corrected chi connectivity index (χ3v) is 5.93. The van der Waals surface area contributed by atoms with Crippen LogP contribution < -0.4 is 4.90 Å². The van der Waals surface area contributed by atoms with Gasteiger partial charge in [-0.15, -0.1) is 0 Å². The normalized spacial score (nSPS) is 15.2. The molecule has 0 radical (unpaired) electrons. The first-order chi connectivity index (χ1) is 12.0. The van der Waals surface area contributed by atoms with Gasteiger partial charge >= 0.3 is 0 Å². The Hall–Kier alpha value is -1.86. The van der Waals surface area contributed by atoms with E-state index in [9.17, 15) is 4.79 Å². The van der Waals surface area contributed by atoms with Crippen LogP contribution in [-0.4, -0.2) is 42.0 Å². The van der Waals surface area contributed by atoms with E-state index in [1.165, 1.54) is 15.8 Å². The Bertz CT molecular complexity index is 941. The molecule has 1 aliphatic heterocycles. The maximum atomic E-state index is 12.5. The molecule has 0 bridgehead atoms. The van der Waals surface area contributed by atoms with Gasteiger partial charge in [-0.25, -0.2) is 4.98 Å². The third kappa shape index (κ3) is 3.18. The number of anilines is 1. The molecule has 2 aromatic heterocycles. The fraction of sp³-hybridized carbons (Fsp3) is 0.333. The molecule has 1 fully saturated rings. The summed E-state index contributed by atoms with van der Waals surface area (Å²) in [5.41, 5.74) is 3.57. The molecule has 0 aliphatic carbocycles. The largest absolute Gasteiger partial charge is 0.444 e. The zero-order valence-electron chi connectivity index (χ0n) is 14.1. The standard InChI is InChI=1S/C18H18BrN3O2S/c1-11-9-12(2)16-14(10-11)25-18(20-16)22-7-5-21(6-8-22)17(23)13-3-4-15(19)24-13/h3-4,9-10H,5-8H2,1-2H3. The lowest BCUT2D eigenvalue weighted by Gasteiger charge is -2.34. The maximum absolute atomic E-state index is 12.5. The number of benzene rings is 1. The Balaban J connectivity index is 1.48. The lowest BCUT2D eigenvalue weighted by Crippen LogP contribution is -2.48. The van der Waals surface area contributed by atoms with Crippen LogP contribution in [0.15, 0.2) is 33.4 Å². The van der Waals surface area contributed by atoms with E-state index in [4.69, 9.17) is 9.40 Å². The minimum absolute atomic E-state index is 0.0545. The van der Waals surface area contributed by atoms with Gasteiger partial charge in [-0.2, -0.15) is 0 Å². The summed E-state index contributed by atoms with van der Waals surface area (Å²) in [5, 5.41) is 1.04. The van der Waals surface area contributed by atoms with Crippen molar-refractivity contribution in [3.8, 4) is 0 Å². The quantitative estimate of drug-likeness (QED) is 0.623. The average molecular weight is 420 g/mol. The minimum atomic E-state index is -0.0545. The number of thiazole rings is 1. The molecule has 0 N–H and O–H groups in total. The number of hydrogen-bond donors (Lipinski definition) is 0. The van der Waals surface area contributed by atoms with Crippen LogP contribution in [0, 0.1) is 13.8 Å². The Morgan fingerprint density at radius 1 is 1.20 bits per heavy atom. The van der Waals surface area contributed by atoms with E-state index in [-0.39, 0.29) is 5.91 Å². The molecule has 0 spiro atoms. The number of fused-ring (bicyclic) bond motifs is 1. The van der Waals surface area contributed by atoms with Gasteiger partial charge in [0.1, 0.15) is 0 Å². The van der Waals surface area contributed by atoms with Crippen molar-refractivity contribution in [2.45, 2.75) is 13.8 Å². The van der Waals surface area contributed by atoms with Gasteiger partial charge in [-0.3, -0.25) is 4.79 Å². The Morgan fingerprint density at radius 3 is 2.64 bits per heavy atom. The summed E-state index contributed by atoms with van der Waals surface area (Å²) in [5.74, 6) is 0.326. The highest BCUT2D eigenvalue weighted by Crippen LogP contribution is 2.32. The number of piperazine rings is 1. The van der Waals surface area contributed by atoms with Gasteiger partial charge < -0.3 is 14.2 Å². The highest BCUT2D eigenvalue weighted by atomic mass is 79.9. The van der Waals surface area contributed by atoms with Crippen molar-refractivity contribution in [1.82, 2.24) is 9.88 Å². The number of aryl methyl sites for hydroxylation is 2. The van der Waals surface area contributed by atoms with Crippen molar-refractivity contribution < 1.29 is 9.21 Å². The summed E-state index contributed by atoms with van der Waals surface area (Å²) in [6, 6.07) is 7.81. The number of amides is 1. The summed E-state index contributed by atoms with van der Waals surface area (Å²) in [4.78, 5) is 21.4. The van der Waals surface area contributed by atoms with Crippen LogP contribution in [0.25, 0.3) is 10.2 Å². The van der Waals surface area contributed by atoms with Gasteiger partial charge in [0.2, 0.25) is 0 Å². The molecule has 1 amide bonds. The summed E-state index contributed by atoms with van der Waals surface area (Å²) >= 11 is 4.97. The summed E-state index contributed by atoms with van der Waals surface area (Å²) < 4.78 is 7.18. The van der Waals surface area contributed by atoms with Gasteiger partial charge in [0.05, 0.1) is 10.2 Å². The molecule has 25 heavy (non-hydrogen) atoms. The topological polar surface area (TPSA) is 49.6 Å². The maximum Gasteiger partial charge on any atom is 0.289 e. The molecule has 0 saturated carbocycles. The van der Waals surface area contributed by atoms with Crippen LogP contribution >= 0.6 is 27.3 Å². The van der Waals surface area contributed by atoms with E-state index in [1.807, 2.05) is 4.90 Å². The van der Waals surface area contributed by atoms with Crippen LogP contribution in [0.1, 0.15) is 21.7 Å². The number of carbonyl (C=O) groups excluding carboxylic acids is 1. The summed E-state index contributed by atoms with van der Waals surface area (Å²) in [6.07, 6.45) is 0. The van der Waals surface area contributed by atoms with Crippen LogP contribution in [-0.2, 0) is 0 Å². The fourth-order valence-electron chi connectivity index (χ4n) is 3.18. The predicted molar refractivity (Wildman–Crippen MR) is 104 cm³/mol. The summed E-state index contributed by atoms with van der Waals surface area (Å²) in [7, 11) is 0. The molecule has 0 unspecified atom stereocenters. The minimum Gasteiger partial charge on any atom is -0.444 e. The molecule has 0 atom stereocenters. The third-order valence-electron chi connectivity index (χ3n) is 4.44. The van der Waals surface area contributed by atoms with Gasteiger partial charge in [0.25, 0.3) is 5.91 Å². The first-order valence-corrected chi connectivity index (χ1v) is 9.79. The van der Waals surface area contributed by atoms with E-state index >= 15 is 0 Å². The molecular weight excluding hydrogens is 402 g/mol. The van der Waals surface area contributed by atoms with Crippen LogP contribution in [0.5, 0.6) is 0 Å². The molecule has 3 heterocycles. The van der Waals surface area contributed by atoms with Crippen molar-refractivity contribution in [2.24, 2.45) is 0 Å². The number of aromatic nitrogens is 1. The first-order valence-electron chi connectivity index (χ1n) is 8.18. The van der Waals surface area contributed by atoms with E-state index in [1.54, 1.807) is 23.5 Å². The van der Waals surface area contributed by atoms with E-state index in [0.29, 0.717) is 23.5 Å². The van der Waals surface area contributed by atoms with Crippen molar-refractivity contribution in [1.29, 1.82) is 0 Å². The Labute approximate surface area is 158 Å². The molecule has 5 nitrogen and oxygen atoms in total. The SMILES string of the molecule is Cc1cc(C)c2nc(N3CCN(C(=O)c4ccc(Br)o4)CC3)sc2c1. The molecule has 4 rings (SSSR count). The smallest absolute Gasteiger partial charge is 0.289 e. The lowest BCUT2D eigenvalue weighted by molar-refractivity contribution is 0.0713. The number of furan rings is 1. The van der Waals surface area contributed by atoms with Gasteiger partial charge in [0.15, 0.2) is 15.6 Å². The van der Waals surface area contributed by atoms with Crippen LogP contribution in [0.3, 0.4) is 0 Å². The monoisotopic (exact) mass is 419 g/mol. The zero-order valence-corrected chi connectivity index (χ0v) is 16.5. The number of rotatable bonds is 2. The van der Waals surface area contributed by atoms with Crippen molar-refractivity contribution in [3.05, 3.63) is 45.8 Å². The number of nitrogens with zero attached hydrogens (tertiary/aromatic N) is 3. The molecule has 7 heteroatoms. The van der Waals surface area contributed by atoms with Gasteiger partial charge in [-0.05, 0) is 59.1 Å². The second-order valence-corrected chi connectivity index (χ2v) is 8.10. The highest BCUT2D eigenvalue weighted by molar-refractivity contribution is 9.10. The number of carbonyl (C=O) groups is 1. The molecule has 1 aromatic carbocycles. The van der Waals surface area contributed by atoms with E-state index < -0.39 is 0 Å². The predicted octanol–water partition coefficient (Wildman–Crippen LogP) is 4.23. The lowest BCUT2D eigenvalue weighted by atomic mass is 10.1. The fourth-order valence-corrected chi connectivity index (χ4v) is 4.68. The van der Waals surface area contributed by atoms with Crippen molar-refractivity contribution in [2.75, 3.05) is 31.1 Å². The molecule has 1 aliphatic rings. The van der Waals surface area contributed by atoms with Crippen LogP contribution in [0.4, 0.5) is 5.13 Å².